The molecule has 0 saturated carbocycles. The normalized spacial score (nSPS) is 10.4. The number of amides is 1. The van der Waals surface area contributed by atoms with Crippen molar-refractivity contribution in [3.05, 3.63) is 59.1 Å². The predicted molar refractivity (Wildman–Crippen MR) is 85.4 cm³/mol. The Kier molecular flexibility index (Phi) is 3.84. The van der Waals surface area contributed by atoms with Crippen LogP contribution in [0.25, 0.3) is 10.2 Å². The zero-order valence-corrected chi connectivity index (χ0v) is 12.5. The summed E-state index contributed by atoms with van der Waals surface area (Å²) in [7, 11) is 1.33. The van der Waals surface area contributed by atoms with Crippen LogP contribution in [-0.2, 0) is 4.74 Å². The molecule has 0 radical (unpaired) electrons. The topological polar surface area (TPSA) is 68.3 Å². The van der Waals surface area contributed by atoms with E-state index in [0.29, 0.717) is 16.8 Å². The van der Waals surface area contributed by atoms with Crippen molar-refractivity contribution in [2.75, 3.05) is 12.4 Å². The molecule has 0 fully saturated rings. The first-order valence-corrected chi connectivity index (χ1v) is 7.38. The minimum Gasteiger partial charge on any atom is -0.465 e. The summed E-state index contributed by atoms with van der Waals surface area (Å²) in [4.78, 5) is 27.8. The largest absolute Gasteiger partial charge is 0.465 e. The van der Waals surface area contributed by atoms with Gasteiger partial charge in [0.25, 0.3) is 5.91 Å². The van der Waals surface area contributed by atoms with Gasteiger partial charge in [0, 0.05) is 11.3 Å². The molecule has 3 aromatic rings. The SMILES string of the molecule is COC(=O)c1ccc(NC(=O)c2ccc3ncsc3c2)cc1. The van der Waals surface area contributed by atoms with Crippen molar-refractivity contribution in [3.63, 3.8) is 0 Å². The minimum atomic E-state index is -0.409. The van der Waals surface area contributed by atoms with E-state index in [1.54, 1.807) is 35.8 Å². The van der Waals surface area contributed by atoms with Gasteiger partial charge >= 0.3 is 5.97 Å². The van der Waals surface area contributed by atoms with Crippen molar-refractivity contribution in [3.8, 4) is 0 Å². The molecule has 1 N–H and O–H groups in total. The van der Waals surface area contributed by atoms with Crippen LogP contribution in [0, 0.1) is 0 Å². The second-order valence-corrected chi connectivity index (χ2v) is 5.44. The summed E-state index contributed by atoms with van der Waals surface area (Å²) in [6, 6.07) is 11.9. The molecule has 1 aromatic heterocycles. The Bertz CT molecular complexity index is 840. The number of esters is 1. The number of nitrogens with zero attached hydrogens (tertiary/aromatic N) is 1. The number of carbonyl (C=O) groups excluding carboxylic acids is 2. The number of benzene rings is 2. The molecule has 0 aliphatic heterocycles. The minimum absolute atomic E-state index is 0.207. The third-order valence-electron chi connectivity index (χ3n) is 3.16. The Morgan fingerprint density at radius 3 is 2.55 bits per heavy atom. The van der Waals surface area contributed by atoms with Crippen LogP contribution in [0.15, 0.2) is 48.0 Å². The highest BCUT2D eigenvalue weighted by atomic mass is 32.1. The van der Waals surface area contributed by atoms with Gasteiger partial charge in [-0.25, -0.2) is 9.78 Å². The maximum atomic E-state index is 12.2. The highest BCUT2D eigenvalue weighted by molar-refractivity contribution is 7.16. The van der Waals surface area contributed by atoms with Crippen LogP contribution in [0.4, 0.5) is 5.69 Å². The number of fused-ring (bicyclic) bond motifs is 1. The van der Waals surface area contributed by atoms with Crippen molar-refractivity contribution in [2.45, 2.75) is 0 Å². The van der Waals surface area contributed by atoms with Gasteiger partial charge in [0.1, 0.15) is 0 Å². The van der Waals surface area contributed by atoms with Crippen LogP contribution in [0.5, 0.6) is 0 Å². The fourth-order valence-corrected chi connectivity index (χ4v) is 2.72. The van der Waals surface area contributed by atoms with E-state index in [1.807, 2.05) is 12.1 Å². The van der Waals surface area contributed by atoms with E-state index < -0.39 is 5.97 Å². The molecule has 0 aliphatic rings. The number of carbonyl (C=O) groups is 2. The fourth-order valence-electron chi connectivity index (χ4n) is 2.01. The van der Waals surface area contributed by atoms with Crippen LogP contribution in [0.3, 0.4) is 0 Å². The number of methoxy groups -OCH3 is 1. The number of hydrogen-bond donors (Lipinski definition) is 1. The molecule has 3 rings (SSSR count). The summed E-state index contributed by atoms with van der Waals surface area (Å²) < 4.78 is 5.60. The lowest BCUT2D eigenvalue weighted by Gasteiger charge is -2.06. The maximum absolute atomic E-state index is 12.2. The van der Waals surface area contributed by atoms with Crippen LogP contribution in [0.2, 0.25) is 0 Å². The summed E-state index contributed by atoms with van der Waals surface area (Å²) in [5.74, 6) is -0.616. The summed E-state index contributed by atoms with van der Waals surface area (Å²) in [6.45, 7) is 0. The summed E-state index contributed by atoms with van der Waals surface area (Å²) in [5.41, 5.74) is 4.24. The molecule has 0 aliphatic carbocycles. The standard InChI is InChI=1S/C16H12N2O3S/c1-21-16(20)10-2-5-12(6-3-10)18-15(19)11-4-7-13-14(8-11)22-9-17-13/h2-9H,1H3,(H,18,19). The number of aromatic nitrogens is 1. The van der Waals surface area contributed by atoms with Crippen molar-refractivity contribution >= 4 is 39.1 Å². The maximum Gasteiger partial charge on any atom is 0.337 e. The third-order valence-corrected chi connectivity index (χ3v) is 3.95. The third kappa shape index (κ3) is 2.82. The smallest absolute Gasteiger partial charge is 0.337 e. The van der Waals surface area contributed by atoms with E-state index in [2.05, 4.69) is 15.0 Å². The molecule has 5 nitrogen and oxygen atoms in total. The summed E-state index contributed by atoms with van der Waals surface area (Å²) in [6.07, 6.45) is 0. The average molecular weight is 312 g/mol. The highest BCUT2D eigenvalue weighted by Crippen LogP contribution is 2.20. The second-order valence-electron chi connectivity index (χ2n) is 4.56. The van der Waals surface area contributed by atoms with Crippen LogP contribution >= 0.6 is 11.3 Å². The number of rotatable bonds is 3. The van der Waals surface area contributed by atoms with Gasteiger partial charge in [-0.2, -0.15) is 0 Å². The lowest BCUT2D eigenvalue weighted by molar-refractivity contribution is 0.0600. The van der Waals surface area contributed by atoms with Gasteiger partial charge in [-0.15, -0.1) is 11.3 Å². The van der Waals surface area contributed by atoms with Gasteiger partial charge in [-0.05, 0) is 42.5 Å². The summed E-state index contributed by atoms with van der Waals surface area (Å²) in [5, 5.41) is 2.79. The first-order valence-electron chi connectivity index (χ1n) is 6.50. The molecule has 0 bridgehead atoms. The zero-order chi connectivity index (χ0) is 15.5. The number of ether oxygens (including phenoxy) is 1. The molecule has 6 heteroatoms. The monoisotopic (exact) mass is 312 g/mol. The van der Waals surface area contributed by atoms with Gasteiger partial charge in [0.15, 0.2) is 0 Å². The van der Waals surface area contributed by atoms with Gasteiger partial charge in [0.05, 0.1) is 28.4 Å². The van der Waals surface area contributed by atoms with E-state index in [9.17, 15) is 9.59 Å². The van der Waals surface area contributed by atoms with Gasteiger partial charge in [-0.1, -0.05) is 0 Å². The van der Waals surface area contributed by atoms with Crippen molar-refractivity contribution in [2.24, 2.45) is 0 Å². The molecular weight excluding hydrogens is 300 g/mol. The Hall–Kier alpha value is -2.73. The van der Waals surface area contributed by atoms with E-state index in [-0.39, 0.29) is 5.91 Å². The lowest BCUT2D eigenvalue weighted by Crippen LogP contribution is -2.12. The van der Waals surface area contributed by atoms with E-state index in [1.165, 1.54) is 18.4 Å². The van der Waals surface area contributed by atoms with Crippen LogP contribution < -0.4 is 5.32 Å². The first kappa shape index (κ1) is 14.2. The first-order chi connectivity index (χ1) is 10.7. The molecular formula is C16H12N2O3S. The second kappa shape index (κ2) is 5.95. The zero-order valence-electron chi connectivity index (χ0n) is 11.7. The average Bonchev–Trinajstić information content (AvgIpc) is 3.02. The Balaban J connectivity index is 1.77. The van der Waals surface area contributed by atoms with E-state index >= 15 is 0 Å². The fraction of sp³-hybridized carbons (Fsp3) is 0.0625. The lowest BCUT2D eigenvalue weighted by atomic mass is 10.1. The summed E-state index contributed by atoms with van der Waals surface area (Å²) >= 11 is 1.49. The molecule has 2 aromatic carbocycles. The molecule has 0 saturated heterocycles. The predicted octanol–water partition coefficient (Wildman–Crippen LogP) is 3.34. The van der Waals surface area contributed by atoms with Crippen molar-refractivity contribution in [1.29, 1.82) is 0 Å². The molecule has 0 spiro atoms. The number of nitrogens with one attached hydrogen (secondary N) is 1. The molecule has 22 heavy (non-hydrogen) atoms. The molecule has 110 valence electrons. The number of hydrogen-bond acceptors (Lipinski definition) is 5. The molecule has 0 unspecified atom stereocenters. The van der Waals surface area contributed by atoms with Crippen molar-refractivity contribution in [1.82, 2.24) is 4.98 Å². The van der Waals surface area contributed by atoms with Gasteiger partial charge in [0.2, 0.25) is 0 Å². The Labute approximate surface area is 130 Å². The Morgan fingerprint density at radius 2 is 1.82 bits per heavy atom. The van der Waals surface area contributed by atoms with Crippen molar-refractivity contribution < 1.29 is 14.3 Å². The van der Waals surface area contributed by atoms with Gasteiger partial charge < -0.3 is 10.1 Å². The van der Waals surface area contributed by atoms with Gasteiger partial charge in [-0.3, -0.25) is 4.79 Å². The molecule has 1 heterocycles. The van der Waals surface area contributed by atoms with Crippen LogP contribution in [-0.4, -0.2) is 24.0 Å². The molecule has 1 amide bonds. The van der Waals surface area contributed by atoms with E-state index in [4.69, 9.17) is 0 Å². The quantitative estimate of drug-likeness (QED) is 0.753. The van der Waals surface area contributed by atoms with Crippen LogP contribution in [0.1, 0.15) is 20.7 Å². The van der Waals surface area contributed by atoms with E-state index in [0.717, 1.165) is 10.2 Å². The number of anilines is 1. The molecule has 0 atom stereocenters. The number of thiazole rings is 1. The highest BCUT2D eigenvalue weighted by Gasteiger charge is 2.09. The Morgan fingerprint density at radius 1 is 1.09 bits per heavy atom.